The van der Waals surface area contributed by atoms with Crippen molar-refractivity contribution in [2.24, 2.45) is 5.92 Å². The van der Waals surface area contributed by atoms with Gasteiger partial charge in [0.05, 0.1) is 6.10 Å². The number of aryl methyl sites for hydroxylation is 1. The Balaban J connectivity index is 2.88. The van der Waals surface area contributed by atoms with Gasteiger partial charge in [-0.15, -0.1) is 0 Å². The monoisotopic (exact) mass is 180 g/mol. The summed E-state index contributed by atoms with van der Waals surface area (Å²) in [5, 5.41) is 18.7. The first-order valence-corrected chi connectivity index (χ1v) is 4.51. The van der Waals surface area contributed by atoms with Crippen LogP contribution in [0.5, 0.6) is 0 Å². The van der Waals surface area contributed by atoms with Gasteiger partial charge in [-0.3, -0.25) is 0 Å². The van der Waals surface area contributed by atoms with E-state index in [0.29, 0.717) is 0 Å². The molecule has 2 unspecified atom stereocenters. The van der Waals surface area contributed by atoms with Gasteiger partial charge in [-0.25, -0.2) is 0 Å². The molecule has 0 aromatic heterocycles. The molecule has 13 heavy (non-hydrogen) atoms. The van der Waals surface area contributed by atoms with E-state index in [2.05, 4.69) is 0 Å². The Morgan fingerprint density at radius 2 is 1.92 bits per heavy atom. The number of hydrogen-bond donors (Lipinski definition) is 2. The smallest absolute Gasteiger partial charge is 0.0840 e. The second-order valence-corrected chi connectivity index (χ2v) is 3.46. The molecule has 0 heterocycles. The van der Waals surface area contributed by atoms with Gasteiger partial charge in [-0.05, 0) is 18.1 Å². The van der Waals surface area contributed by atoms with Crippen LogP contribution in [0.2, 0.25) is 0 Å². The molecular weight excluding hydrogens is 164 g/mol. The molecule has 1 rings (SSSR count). The van der Waals surface area contributed by atoms with E-state index in [4.69, 9.17) is 5.11 Å². The van der Waals surface area contributed by atoms with E-state index < -0.39 is 6.10 Å². The topological polar surface area (TPSA) is 40.5 Å². The quantitative estimate of drug-likeness (QED) is 0.742. The molecule has 0 aliphatic carbocycles. The Bertz CT molecular complexity index is 271. The summed E-state index contributed by atoms with van der Waals surface area (Å²) < 4.78 is 0. The molecule has 0 bridgehead atoms. The summed E-state index contributed by atoms with van der Waals surface area (Å²) in [6.45, 7) is 3.80. The molecule has 0 saturated carbocycles. The second kappa shape index (κ2) is 4.40. The molecule has 2 atom stereocenters. The maximum Gasteiger partial charge on any atom is 0.0840 e. The first-order chi connectivity index (χ1) is 6.16. The molecule has 0 radical (unpaired) electrons. The summed E-state index contributed by atoms with van der Waals surface area (Å²) in [5.74, 6) is -0.110. The minimum absolute atomic E-state index is 0.00943. The van der Waals surface area contributed by atoms with Gasteiger partial charge in [0.2, 0.25) is 0 Å². The molecule has 2 heteroatoms. The Hall–Kier alpha value is -0.860. The number of aliphatic hydroxyl groups excluding tert-OH is 2. The highest BCUT2D eigenvalue weighted by Crippen LogP contribution is 2.23. The van der Waals surface area contributed by atoms with Crippen molar-refractivity contribution >= 4 is 0 Å². The third-order valence-electron chi connectivity index (χ3n) is 2.33. The van der Waals surface area contributed by atoms with E-state index in [1.807, 2.05) is 38.1 Å². The van der Waals surface area contributed by atoms with E-state index in [-0.39, 0.29) is 12.5 Å². The van der Waals surface area contributed by atoms with Gasteiger partial charge >= 0.3 is 0 Å². The molecule has 2 N–H and O–H groups in total. The summed E-state index contributed by atoms with van der Waals surface area (Å²) in [6.07, 6.45) is -0.564. The normalized spacial score (nSPS) is 15.4. The lowest BCUT2D eigenvalue weighted by Gasteiger charge is -2.18. The van der Waals surface area contributed by atoms with Crippen LogP contribution in [0.3, 0.4) is 0 Å². The molecule has 0 saturated heterocycles. The standard InChI is InChI=1S/C11H16O2/c1-8-5-3-4-6-10(8)11(13)9(2)7-12/h3-6,9,11-13H,7H2,1-2H3. The number of hydrogen-bond acceptors (Lipinski definition) is 2. The molecule has 1 aromatic rings. The molecule has 0 spiro atoms. The Morgan fingerprint density at radius 1 is 1.31 bits per heavy atom. The van der Waals surface area contributed by atoms with Gasteiger partial charge in [0.1, 0.15) is 0 Å². The van der Waals surface area contributed by atoms with Crippen molar-refractivity contribution in [3.8, 4) is 0 Å². The van der Waals surface area contributed by atoms with Crippen LogP contribution in [-0.4, -0.2) is 16.8 Å². The summed E-state index contributed by atoms with van der Waals surface area (Å²) in [6, 6.07) is 7.69. The molecule has 0 aliphatic rings. The Labute approximate surface area is 78.8 Å². The fourth-order valence-corrected chi connectivity index (χ4v) is 1.33. The van der Waals surface area contributed by atoms with Crippen LogP contribution < -0.4 is 0 Å². The van der Waals surface area contributed by atoms with E-state index in [9.17, 15) is 5.11 Å². The van der Waals surface area contributed by atoms with Crippen LogP contribution >= 0.6 is 0 Å². The van der Waals surface area contributed by atoms with Crippen LogP contribution in [0.1, 0.15) is 24.2 Å². The van der Waals surface area contributed by atoms with Gasteiger partial charge in [-0.1, -0.05) is 31.2 Å². The molecule has 72 valence electrons. The van der Waals surface area contributed by atoms with Crippen LogP contribution in [0.4, 0.5) is 0 Å². The minimum atomic E-state index is -0.564. The van der Waals surface area contributed by atoms with Crippen molar-refractivity contribution in [2.75, 3.05) is 6.61 Å². The lowest BCUT2D eigenvalue weighted by atomic mass is 9.95. The van der Waals surface area contributed by atoms with E-state index >= 15 is 0 Å². The summed E-state index contributed by atoms with van der Waals surface area (Å²) in [4.78, 5) is 0. The average molecular weight is 180 g/mol. The molecule has 2 nitrogen and oxygen atoms in total. The molecule has 0 amide bonds. The van der Waals surface area contributed by atoms with Crippen molar-refractivity contribution in [3.63, 3.8) is 0 Å². The van der Waals surface area contributed by atoms with Crippen LogP contribution in [0.25, 0.3) is 0 Å². The summed E-state index contributed by atoms with van der Waals surface area (Å²) in [7, 11) is 0. The van der Waals surface area contributed by atoms with Gasteiger partial charge in [0, 0.05) is 12.5 Å². The Kier molecular flexibility index (Phi) is 3.46. The van der Waals surface area contributed by atoms with Gasteiger partial charge in [0.25, 0.3) is 0 Å². The largest absolute Gasteiger partial charge is 0.396 e. The van der Waals surface area contributed by atoms with Crippen LogP contribution in [-0.2, 0) is 0 Å². The molecular formula is C11H16O2. The summed E-state index contributed by atoms with van der Waals surface area (Å²) in [5.41, 5.74) is 1.97. The lowest BCUT2D eigenvalue weighted by molar-refractivity contribution is 0.0766. The van der Waals surface area contributed by atoms with E-state index in [1.165, 1.54) is 0 Å². The van der Waals surface area contributed by atoms with Crippen LogP contribution in [0, 0.1) is 12.8 Å². The maximum atomic E-state index is 9.81. The van der Waals surface area contributed by atoms with Crippen molar-refractivity contribution in [1.29, 1.82) is 0 Å². The summed E-state index contributed by atoms with van der Waals surface area (Å²) >= 11 is 0. The zero-order chi connectivity index (χ0) is 9.84. The zero-order valence-electron chi connectivity index (χ0n) is 8.07. The molecule has 0 fully saturated rings. The van der Waals surface area contributed by atoms with E-state index in [1.54, 1.807) is 0 Å². The average Bonchev–Trinajstić information content (AvgIpc) is 2.16. The highest BCUT2D eigenvalue weighted by atomic mass is 16.3. The fourth-order valence-electron chi connectivity index (χ4n) is 1.33. The zero-order valence-corrected chi connectivity index (χ0v) is 8.07. The van der Waals surface area contributed by atoms with E-state index in [0.717, 1.165) is 11.1 Å². The molecule has 0 aliphatic heterocycles. The maximum absolute atomic E-state index is 9.81. The SMILES string of the molecule is Cc1ccccc1C(O)C(C)CO. The third kappa shape index (κ3) is 2.29. The number of rotatable bonds is 3. The van der Waals surface area contributed by atoms with Crippen LogP contribution in [0.15, 0.2) is 24.3 Å². The number of benzene rings is 1. The van der Waals surface area contributed by atoms with Crippen molar-refractivity contribution < 1.29 is 10.2 Å². The van der Waals surface area contributed by atoms with Crippen molar-refractivity contribution in [3.05, 3.63) is 35.4 Å². The first-order valence-electron chi connectivity index (χ1n) is 4.51. The Morgan fingerprint density at radius 3 is 2.46 bits per heavy atom. The van der Waals surface area contributed by atoms with Crippen molar-refractivity contribution in [2.45, 2.75) is 20.0 Å². The highest BCUT2D eigenvalue weighted by Gasteiger charge is 2.16. The van der Waals surface area contributed by atoms with Gasteiger partial charge in [-0.2, -0.15) is 0 Å². The third-order valence-corrected chi connectivity index (χ3v) is 2.33. The van der Waals surface area contributed by atoms with Gasteiger partial charge < -0.3 is 10.2 Å². The second-order valence-electron chi connectivity index (χ2n) is 3.46. The van der Waals surface area contributed by atoms with Gasteiger partial charge in [0.15, 0.2) is 0 Å². The highest BCUT2D eigenvalue weighted by molar-refractivity contribution is 5.27. The molecule has 1 aromatic carbocycles. The number of aliphatic hydroxyl groups is 2. The first kappa shape index (κ1) is 10.2. The predicted octanol–water partition coefficient (Wildman–Crippen LogP) is 1.66. The minimum Gasteiger partial charge on any atom is -0.396 e. The fraction of sp³-hybridized carbons (Fsp3) is 0.455. The predicted molar refractivity (Wildman–Crippen MR) is 52.4 cm³/mol. The van der Waals surface area contributed by atoms with Crippen molar-refractivity contribution in [1.82, 2.24) is 0 Å². The lowest BCUT2D eigenvalue weighted by Crippen LogP contribution is -2.13.